The fourth-order valence-electron chi connectivity index (χ4n) is 2.62. The molecule has 0 radical (unpaired) electrons. The van der Waals surface area contributed by atoms with Crippen LogP contribution in [0.3, 0.4) is 0 Å². The van der Waals surface area contributed by atoms with E-state index in [2.05, 4.69) is 13.5 Å². The molecular weight excluding hydrogens is 176 g/mol. The van der Waals surface area contributed by atoms with Gasteiger partial charge in [0.15, 0.2) is 0 Å². The summed E-state index contributed by atoms with van der Waals surface area (Å²) in [5.74, 6) is 0.969. The van der Waals surface area contributed by atoms with Crippen LogP contribution in [0.5, 0.6) is 0 Å². The molecule has 0 saturated heterocycles. The standard InChI is InChI=1S/C12H22O2/c1-8(2)10-5-4-9(3)12(14)11(10)6-7-13/h9-14H,1,4-7H2,2-3H3/t9-,10+,11+,12-/m0/s1. The topological polar surface area (TPSA) is 40.5 Å². The van der Waals surface area contributed by atoms with Gasteiger partial charge >= 0.3 is 0 Å². The highest BCUT2D eigenvalue weighted by atomic mass is 16.3. The molecule has 0 aromatic carbocycles. The van der Waals surface area contributed by atoms with Crippen molar-refractivity contribution in [2.75, 3.05) is 6.61 Å². The van der Waals surface area contributed by atoms with Gasteiger partial charge in [0.25, 0.3) is 0 Å². The molecule has 2 N–H and O–H groups in total. The first kappa shape index (κ1) is 11.7. The molecular formula is C12H22O2. The Morgan fingerprint density at radius 1 is 1.43 bits per heavy atom. The maximum atomic E-state index is 10.0. The molecule has 0 aromatic rings. The average Bonchev–Trinajstić information content (AvgIpc) is 2.13. The summed E-state index contributed by atoms with van der Waals surface area (Å²) >= 11 is 0. The Kier molecular flexibility index (Phi) is 4.14. The predicted molar refractivity (Wildman–Crippen MR) is 57.9 cm³/mol. The number of aliphatic hydroxyl groups excluding tert-OH is 2. The Morgan fingerprint density at radius 3 is 2.57 bits per heavy atom. The fraction of sp³-hybridized carbons (Fsp3) is 0.833. The first-order valence-corrected chi connectivity index (χ1v) is 5.52. The number of hydrogen-bond donors (Lipinski definition) is 2. The molecule has 1 rings (SSSR count). The van der Waals surface area contributed by atoms with Crippen LogP contribution in [0.2, 0.25) is 0 Å². The van der Waals surface area contributed by atoms with E-state index in [9.17, 15) is 5.11 Å². The average molecular weight is 198 g/mol. The third-order valence-electron chi connectivity index (χ3n) is 3.57. The number of rotatable bonds is 3. The first-order valence-electron chi connectivity index (χ1n) is 5.52. The summed E-state index contributed by atoms with van der Waals surface area (Å²) in [5, 5.41) is 19.0. The number of allylic oxidation sites excluding steroid dienone is 1. The normalized spacial score (nSPS) is 38.3. The highest BCUT2D eigenvalue weighted by molar-refractivity contribution is 5.03. The molecule has 4 atom stereocenters. The first-order chi connectivity index (χ1) is 6.57. The number of aliphatic hydroxyl groups is 2. The van der Waals surface area contributed by atoms with Gasteiger partial charge in [0, 0.05) is 6.61 Å². The Labute approximate surface area is 86.6 Å². The van der Waals surface area contributed by atoms with E-state index in [0.29, 0.717) is 18.3 Å². The maximum absolute atomic E-state index is 10.0. The monoisotopic (exact) mass is 198 g/mol. The lowest BCUT2D eigenvalue weighted by Gasteiger charge is -2.39. The van der Waals surface area contributed by atoms with E-state index in [1.165, 1.54) is 0 Å². The summed E-state index contributed by atoms with van der Waals surface area (Å²) in [7, 11) is 0. The molecule has 82 valence electrons. The summed E-state index contributed by atoms with van der Waals surface area (Å²) in [4.78, 5) is 0. The molecule has 2 heteroatoms. The van der Waals surface area contributed by atoms with Crippen molar-refractivity contribution in [3.8, 4) is 0 Å². The highest BCUT2D eigenvalue weighted by Gasteiger charge is 2.35. The summed E-state index contributed by atoms with van der Waals surface area (Å²) in [5.41, 5.74) is 1.15. The van der Waals surface area contributed by atoms with Crippen LogP contribution >= 0.6 is 0 Å². The summed E-state index contributed by atoms with van der Waals surface area (Å²) in [6.07, 6.45) is 2.61. The molecule has 2 nitrogen and oxygen atoms in total. The minimum atomic E-state index is -0.266. The zero-order chi connectivity index (χ0) is 10.7. The largest absolute Gasteiger partial charge is 0.396 e. The van der Waals surface area contributed by atoms with Crippen LogP contribution < -0.4 is 0 Å². The Hall–Kier alpha value is -0.340. The molecule has 0 aliphatic heterocycles. The zero-order valence-electron chi connectivity index (χ0n) is 9.24. The van der Waals surface area contributed by atoms with Gasteiger partial charge in [-0.05, 0) is 43.9 Å². The van der Waals surface area contributed by atoms with Gasteiger partial charge in [0.05, 0.1) is 6.10 Å². The second-order valence-corrected chi connectivity index (χ2v) is 4.67. The van der Waals surface area contributed by atoms with Crippen LogP contribution in [0.4, 0.5) is 0 Å². The second kappa shape index (κ2) is 4.94. The van der Waals surface area contributed by atoms with Gasteiger partial charge in [0.1, 0.15) is 0 Å². The predicted octanol–water partition coefficient (Wildman–Crippen LogP) is 1.97. The molecule has 0 aromatic heterocycles. The molecule has 0 amide bonds. The van der Waals surface area contributed by atoms with Crippen LogP contribution in [0, 0.1) is 17.8 Å². The molecule has 0 unspecified atom stereocenters. The van der Waals surface area contributed by atoms with Gasteiger partial charge in [-0.2, -0.15) is 0 Å². The van der Waals surface area contributed by atoms with Crippen molar-refractivity contribution in [3.05, 3.63) is 12.2 Å². The van der Waals surface area contributed by atoms with E-state index < -0.39 is 0 Å². The van der Waals surface area contributed by atoms with Crippen LogP contribution in [-0.2, 0) is 0 Å². The molecule has 1 fully saturated rings. The smallest absolute Gasteiger partial charge is 0.0600 e. The molecule has 1 aliphatic carbocycles. The van der Waals surface area contributed by atoms with E-state index >= 15 is 0 Å². The van der Waals surface area contributed by atoms with E-state index in [1.54, 1.807) is 0 Å². The second-order valence-electron chi connectivity index (χ2n) is 4.67. The number of hydrogen-bond acceptors (Lipinski definition) is 2. The third kappa shape index (κ3) is 2.37. The van der Waals surface area contributed by atoms with E-state index in [-0.39, 0.29) is 18.6 Å². The van der Waals surface area contributed by atoms with Gasteiger partial charge in [0.2, 0.25) is 0 Å². The fourth-order valence-corrected chi connectivity index (χ4v) is 2.62. The molecule has 0 bridgehead atoms. The van der Waals surface area contributed by atoms with Crippen molar-refractivity contribution in [3.63, 3.8) is 0 Å². The van der Waals surface area contributed by atoms with Gasteiger partial charge in [-0.25, -0.2) is 0 Å². The van der Waals surface area contributed by atoms with Crippen molar-refractivity contribution >= 4 is 0 Å². The summed E-state index contributed by atoms with van der Waals surface area (Å²) in [6.45, 7) is 8.26. The molecule has 0 heterocycles. The Morgan fingerprint density at radius 2 is 2.07 bits per heavy atom. The molecule has 1 aliphatic rings. The van der Waals surface area contributed by atoms with Crippen molar-refractivity contribution in [2.24, 2.45) is 17.8 Å². The van der Waals surface area contributed by atoms with Crippen molar-refractivity contribution in [2.45, 2.75) is 39.2 Å². The van der Waals surface area contributed by atoms with E-state index in [0.717, 1.165) is 18.4 Å². The van der Waals surface area contributed by atoms with Gasteiger partial charge in [-0.1, -0.05) is 19.1 Å². The van der Waals surface area contributed by atoms with Crippen LogP contribution in [0.1, 0.15) is 33.1 Å². The van der Waals surface area contributed by atoms with E-state index in [4.69, 9.17) is 5.11 Å². The lowest BCUT2D eigenvalue weighted by Crippen LogP contribution is -2.38. The quantitative estimate of drug-likeness (QED) is 0.681. The molecule has 14 heavy (non-hydrogen) atoms. The van der Waals surface area contributed by atoms with E-state index in [1.807, 2.05) is 6.92 Å². The van der Waals surface area contributed by atoms with Gasteiger partial charge in [-0.15, -0.1) is 0 Å². The summed E-state index contributed by atoms with van der Waals surface area (Å²) in [6, 6.07) is 0. The van der Waals surface area contributed by atoms with Crippen molar-refractivity contribution in [1.29, 1.82) is 0 Å². The van der Waals surface area contributed by atoms with Crippen LogP contribution in [-0.4, -0.2) is 22.9 Å². The van der Waals surface area contributed by atoms with Crippen LogP contribution in [0.15, 0.2) is 12.2 Å². The summed E-state index contributed by atoms with van der Waals surface area (Å²) < 4.78 is 0. The minimum Gasteiger partial charge on any atom is -0.396 e. The highest BCUT2D eigenvalue weighted by Crippen LogP contribution is 2.39. The molecule has 0 spiro atoms. The zero-order valence-corrected chi connectivity index (χ0v) is 9.24. The van der Waals surface area contributed by atoms with Crippen molar-refractivity contribution in [1.82, 2.24) is 0 Å². The minimum absolute atomic E-state index is 0.165. The lowest BCUT2D eigenvalue weighted by atomic mass is 9.69. The SMILES string of the molecule is C=C(C)[C@H]1CC[C@H](C)[C@H](O)[C@@H]1CCO. The molecule has 1 saturated carbocycles. The Balaban J connectivity index is 2.71. The lowest BCUT2D eigenvalue weighted by molar-refractivity contribution is -0.00862. The third-order valence-corrected chi connectivity index (χ3v) is 3.57. The van der Waals surface area contributed by atoms with Gasteiger partial charge in [-0.3, -0.25) is 0 Å². The van der Waals surface area contributed by atoms with Gasteiger partial charge < -0.3 is 10.2 Å². The van der Waals surface area contributed by atoms with Crippen molar-refractivity contribution < 1.29 is 10.2 Å². The van der Waals surface area contributed by atoms with Crippen LogP contribution in [0.25, 0.3) is 0 Å². The maximum Gasteiger partial charge on any atom is 0.0600 e. The Bertz CT molecular complexity index is 200.